The maximum absolute atomic E-state index is 15.0. The van der Waals surface area contributed by atoms with Crippen LogP contribution in [-0.2, 0) is 9.53 Å². The minimum Gasteiger partial charge on any atom is -0.463 e. The van der Waals surface area contributed by atoms with Crippen molar-refractivity contribution < 1.29 is 18.3 Å². The number of hydrogen-bond donors (Lipinski definition) is 1. The summed E-state index contributed by atoms with van der Waals surface area (Å²) in [4.78, 5) is 26.3. The minimum absolute atomic E-state index is 0.00221. The van der Waals surface area contributed by atoms with E-state index in [2.05, 4.69) is 31.9 Å². The predicted octanol–water partition coefficient (Wildman–Crippen LogP) is 3.70. The highest BCUT2D eigenvalue weighted by Crippen LogP contribution is 2.38. The zero-order valence-corrected chi connectivity index (χ0v) is 21.9. The Morgan fingerprint density at radius 3 is 2.54 bits per heavy atom. The number of nitrogens with two attached hydrogens (primary N) is 1. The van der Waals surface area contributed by atoms with Gasteiger partial charge in [0.2, 0.25) is 0 Å². The van der Waals surface area contributed by atoms with E-state index in [1.54, 1.807) is 6.92 Å². The Bertz CT molecular complexity index is 1640. The largest absolute Gasteiger partial charge is 0.463 e. The van der Waals surface area contributed by atoms with Crippen LogP contribution >= 0.6 is 43.2 Å². The number of esters is 1. The summed E-state index contributed by atoms with van der Waals surface area (Å²) in [6, 6.07) is 10.4. The monoisotopic (exact) mass is 621 g/mol. The highest BCUT2D eigenvalue weighted by Gasteiger charge is 2.38. The molecule has 1 aliphatic heterocycles. The molecule has 3 aromatic rings. The number of hydrogen-bond acceptors (Lipinski definition) is 6. The molecular formula is C24H15Br2F2N3O3S. The van der Waals surface area contributed by atoms with Crippen molar-refractivity contribution in [1.29, 1.82) is 5.26 Å². The Morgan fingerprint density at radius 2 is 1.89 bits per heavy atom. The van der Waals surface area contributed by atoms with Crippen molar-refractivity contribution in [2.45, 2.75) is 12.8 Å². The lowest BCUT2D eigenvalue weighted by molar-refractivity contribution is -0.138. The zero-order chi connectivity index (χ0) is 25.4. The van der Waals surface area contributed by atoms with Crippen molar-refractivity contribution in [2.75, 3.05) is 6.61 Å². The SMILES string of the molecule is CCOC(=O)C1=C(N)n2c(s/c(=C\c3cc(Br)ccc3F)c2=O)=C(C#N)C1c1cc(Br)ccc1F. The summed E-state index contributed by atoms with van der Waals surface area (Å²) in [5.74, 6) is -3.61. The molecule has 0 saturated heterocycles. The molecule has 2 N–H and O–H groups in total. The van der Waals surface area contributed by atoms with Gasteiger partial charge >= 0.3 is 5.97 Å². The number of halogens is 4. The van der Waals surface area contributed by atoms with Crippen LogP contribution in [0.15, 0.2) is 55.7 Å². The third kappa shape index (κ3) is 4.49. The van der Waals surface area contributed by atoms with Crippen LogP contribution in [0.3, 0.4) is 0 Å². The van der Waals surface area contributed by atoms with Gasteiger partial charge in [-0.3, -0.25) is 9.36 Å². The molecule has 1 unspecified atom stereocenters. The van der Waals surface area contributed by atoms with E-state index in [1.165, 1.54) is 42.5 Å². The number of nitriles is 1. The van der Waals surface area contributed by atoms with Crippen LogP contribution in [0.5, 0.6) is 0 Å². The first-order valence-corrected chi connectivity index (χ1v) is 12.5. The Kier molecular flexibility index (Phi) is 7.07. The minimum atomic E-state index is -1.22. The Morgan fingerprint density at radius 1 is 1.23 bits per heavy atom. The molecule has 0 amide bonds. The van der Waals surface area contributed by atoms with E-state index in [9.17, 15) is 23.6 Å². The first-order valence-electron chi connectivity index (χ1n) is 10.1. The van der Waals surface area contributed by atoms with Crippen LogP contribution in [-0.4, -0.2) is 17.1 Å². The second-order valence-electron chi connectivity index (χ2n) is 7.37. The summed E-state index contributed by atoms with van der Waals surface area (Å²) < 4.78 is 36.8. The fraction of sp³-hybridized carbons (Fsp3) is 0.125. The number of benzene rings is 2. The summed E-state index contributed by atoms with van der Waals surface area (Å²) >= 11 is 7.45. The van der Waals surface area contributed by atoms with E-state index in [0.717, 1.165) is 15.9 Å². The fourth-order valence-corrected chi connectivity index (χ4v) is 5.65. The lowest BCUT2D eigenvalue weighted by Crippen LogP contribution is -2.40. The molecular weight excluding hydrogens is 608 g/mol. The maximum Gasteiger partial charge on any atom is 0.338 e. The summed E-state index contributed by atoms with van der Waals surface area (Å²) in [7, 11) is 0. The van der Waals surface area contributed by atoms with E-state index < -0.39 is 29.1 Å². The van der Waals surface area contributed by atoms with Crippen molar-refractivity contribution in [3.63, 3.8) is 0 Å². The molecule has 1 aromatic heterocycles. The van der Waals surface area contributed by atoms with Gasteiger partial charge in [0.25, 0.3) is 5.56 Å². The van der Waals surface area contributed by atoms with Gasteiger partial charge in [-0.25, -0.2) is 13.6 Å². The van der Waals surface area contributed by atoms with E-state index in [1.807, 2.05) is 6.07 Å². The standard InChI is InChI=1S/C24H15Br2F2N3O3S/c1-2-34-24(33)20-19(14-9-13(26)4-6-17(14)28)15(10-29)23-31(21(20)30)22(32)18(35-23)8-11-7-12(25)3-5-16(11)27/h3-9,19H,2,30H2,1H3/b18-8-. The topological polar surface area (TPSA) is 98.1 Å². The Balaban J connectivity index is 2.12. The lowest BCUT2D eigenvalue weighted by Gasteiger charge is -2.25. The number of fused-ring (bicyclic) bond motifs is 1. The fourth-order valence-electron chi connectivity index (χ4n) is 3.77. The van der Waals surface area contributed by atoms with Crippen molar-refractivity contribution in [3.8, 4) is 6.07 Å². The molecule has 35 heavy (non-hydrogen) atoms. The maximum atomic E-state index is 15.0. The van der Waals surface area contributed by atoms with E-state index in [-0.39, 0.29) is 43.9 Å². The first-order chi connectivity index (χ1) is 16.7. The van der Waals surface area contributed by atoms with Crippen LogP contribution in [0, 0.1) is 23.0 Å². The Hall–Kier alpha value is -3.07. The van der Waals surface area contributed by atoms with Gasteiger partial charge in [-0.2, -0.15) is 5.26 Å². The highest BCUT2D eigenvalue weighted by atomic mass is 79.9. The average molecular weight is 623 g/mol. The van der Waals surface area contributed by atoms with E-state index in [0.29, 0.717) is 8.95 Å². The molecule has 0 radical (unpaired) electrons. The van der Waals surface area contributed by atoms with E-state index >= 15 is 0 Å². The molecule has 2 aromatic carbocycles. The van der Waals surface area contributed by atoms with Crippen molar-refractivity contribution in [2.24, 2.45) is 5.73 Å². The number of carbonyl (C=O) groups excluding carboxylic acids is 1. The molecule has 0 saturated carbocycles. The van der Waals surface area contributed by atoms with Gasteiger partial charge in [0.1, 0.15) is 22.1 Å². The van der Waals surface area contributed by atoms with Crippen LogP contribution in [0.2, 0.25) is 0 Å². The summed E-state index contributed by atoms with van der Waals surface area (Å²) in [6.07, 6.45) is 1.33. The van der Waals surface area contributed by atoms with Gasteiger partial charge in [-0.1, -0.05) is 31.9 Å². The molecule has 6 nitrogen and oxygen atoms in total. The zero-order valence-electron chi connectivity index (χ0n) is 17.9. The smallest absolute Gasteiger partial charge is 0.338 e. The van der Waals surface area contributed by atoms with Gasteiger partial charge in [-0.05, 0) is 49.4 Å². The molecule has 0 bridgehead atoms. The highest BCUT2D eigenvalue weighted by molar-refractivity contribution is 9.10. The van der Waals surface area contributed by atoms with Crippen LogP contribution < -0.4 is 20.5 Å². The molecule has 1 atom stereocenters. The summed E-state index contributed by atoms with van der Waals surface area (Å²) in [5, 5.41) is 10.1. The summed E-state index contributed by atoms with van der Waals surface area (Å²) in [6.45, 7) is 1.58. The second kappa shape index (κ2) is 9.89. The Labute approximate surface area is 218 Å². The predicted molar refractivity (Wildman–Crippen MR) is 135 cm³/mol. The van der Waals surface area contributed by atoms with Gasteiger partial charge in [0, 0.05) is 20.1 Å². The molecule has 11 heteroatoms. The molecule has 178 valence electrons. The normalized spacial score (nSPS) is 15.7. The number of nitrogens with zero attached hydrogens (tertiary/aromatic N) is 2. The second-order valence-corrected chi connectivity index (χ2v) is 10.2. The van der Waals surface area contributed by atoms with Gasteiger partial charge < -0.3 is 10.5 Å². The third-order valence-corrected chi connectivity index (χ3v) is 7.37. The first kappa shape index (κ1) is 25.0. The molecule has 0 fully saturated rings. The van der Waals surface area contributed by atoms with Crippen LogP contribution in [0.25, 0.3) is 17.5 Å². The number of thiazole rings is 1. The average Bonchev–Trinajstić information content (AvgIpc) is 3.14. The van der Waals surface area contributed by atoms with E-state index in [4.69, 9.17) is 10.5 Å². The number of ether oxygens (including phenoxy) is 1. The molecule has 1 aliphatic rings. The van der Waals surface area contributed by atoms with Crippen LogP contribution in [0.4, 0.5) is 8.78 Å². The van der Waals surface area contributed by atoms with Crippen molar-refractivity contribution >= 4 is 66.6 Å². The number of aromatic nitrogens is 1. The van der Waals surface area contributed by atoms with Gasteiger partial charge in [0.05, 0.1) is 34.3 Å². The summed E-state index contributed by atoms with van der Waals surface area (Å²) in [5.41, 5.74) is 5.52. The number of rotatable bonds is 4. The quantitative estimate of drug-likeness (QED) is 0.448. The molecule has 4 rings (SSSR count). The van der Waals surface area contributed by atoms with Crippen LogP contribution in [0.1, 0.15) is 24.0 Å². The number of carbonyl (C=O) groups is 1. The van der Waals surface area contributed by atoms with Crippen molar-refractivity contribution in [1.82, 2.24) is 4.57 Å². The lowest BCUT2D eigenvalue weighted by atomic mass is 9.83. The van der Waals surface area contributed by atoms with Gasteiger partial charge in [-0.15, -0.1) is 11.3 Å². The molecule has 2 heterocycles. The molecule has 0 aliphatic carbocycles. The van der Waals surface area contributed by atoms with Crippen molar-refractivity contribution in [3.05, 3.63) is 93.2 Å². The third-order valence-electron chi connectivity index (χ3n) is 5.28. The van der Waals surface area contributed by atoms with Gasteiger partial charge in [0.15, 0.2) is 0 Å². The molecule has 0 spiro atoms.